The van der Waals surface area contributed by atoms with Crippen LogP contribution < -0.4 is 15.1 Å². The van der Waals surface area contributed by atoms with Crippen LogP contribution in [0.25, 0.3) is 11.0 Å². The van der Waals surface area contributed by atoms with Crippen LogP contribution in [0, 0.1) is 0 Å². The van der Waals surface area contributed by atoms with Crippen molar-refractivity contribution in [3.63, 3.8) is 0 Å². The first-order valence-corrected chi connectivity index (χ1v) is 6.45. The number of carbonyl (C=O) groups is 1. The maximum absolute atomic E-state index is 11.8. The fraction of sp³-hybridized carbons (Fsp3) is 0.200. The first kappa shape index (κ1) is 15.4. The molecule has 0 radical (unpaired) electrons. The van der Waals surface area contributed by atoms with E-state index in [1.807, 2.05) is 0 Å². The maximum atomic E-state index is 11.8. The highest BCUT2D eigenvalue weighted by atomic mass is 16.5. The third-order valence-corrected chi connectivity index (χ3v) is 2.72. The largest absolute Gasteiger partial charge is 0.503 e. The highest BCUT2D eigenvalue weighted by Gasteiger charge is 2.18. The van der Waals surface area contributed by atoms with E-state index in [4.69, 9.17) is 19.0 Å². The van der Waals surface area contributed by atoms with Gasteiger partial charge in [-0.05, 0) is 19.1 Å². The summed E-state index contributed by atoms with van der Waals surface area (Å²) in [7, 11) is 0. The Kier molecular flexibility index (Phi) is 4.67. The van der Waals surface area contributed by atoms with Gasteiger partial charge >= 0.3 is 11.6 Å². The van der Waals surface area contributed by atoms with Crippen molar-refractivity contribution in [1.29, 1.82) is 0 Å². The van der Waals surface area contributed by atoms with Crippen LogP contribution in [0.15, 0.2) is 39.7 Å². The number of fused-ring (bicyclic) bond motifs is 1. The minimum absolute atomic E-state index is 0.0853. The predicted octanol–water partition coefficient (Wildman–Crippen LogP) is 2.26. The minimum atomic E-state index is -1.01. The van der Waals surface area contributed by atoms with E-state index < -0.39 is 17.3 Å². The van der Waals surface area contributed by atoms with Gasteiger partial charge in [-0.1, -0.05) is 12.1 Å². The molecule has 0 aliphatic carbocycles. The SMILES string of the molecule is CC=COc1c(O)c2c(OCCC(=O)O)cccc2oc1=O. The average Bonchev–Trinajstić information content (AvgIpc) is 2.46. The smallest absolute Gasteiger partial charge is 0.383 e. The number of ether oxygens (including phenoxy) is 2. The van der Waals surface area contributed by atoms with Crippen LogP contribution in [0.3, 0.4) is 0 Å². The third kappa shape index (κ3) is 3.20. The fourth-order valence-electron chi connectivity index (χ4n) is 1.79. The lowest BCUT2D eigenvalue weighted by molar-refractivity contribution is -0.137. The summed E-state index contributed by atoms with van der Waals surface area (Å²) in [6.07, 6.45) is 2.57. The van der Waals surface area contributed by atoms with Gasteiger partial charge < -0.3 is 24.1 Å². The fourth-order valence-corrected chi connectivity index (χ4v) is 1.79. The molecule has 7 nitrogen and oxygen atoms in total. The molecule has 0 aliphatic rings. The topological polar surface area (TPSA) is 106 Å². The molecule has 22 heavy (non-hydrogen) atoms. The van der Waals surface area contributed by atoms with Gasteiger partial charge in [-0.3, -0.25) is 4.79 Å². The van der Waals surface area contributed by atoms with E-state index in [0.29, 0.717) is 0 Å². The van der Waals surface area contributed by atoms with E-state index in [0.717, 1.165) is 0 Å². The summed E-state index contributed by atoms with van der Waals surface area (Å²) in [5.41, 5.74) is -0.714. The molecule has 0 fully saturated rings. The van der Waals surface area contributed by atoms with Crippen LogP contribution >= 0.6 is 0 Å². The summed E-state index contributed by atoms with van der Waals surface area (Å²) in [5.74, 6) is -1.59. The average molecular weight is 306 g/mol. The van der Waals surface area contributed by atoms with Crippen molar-refractivity contribution in [1.82, 2.24) is 0 Å². The minimum Gasteiger partial charge on any atom is -0.503 e. The van der Waals surface area contributed by atoms with Gasteiger partial charge in [0.1, 0.15) is 16.7 Å². The van der Waals surface area contributed by atoms with Crippen LogP contribution in [-0.4, -0.2) is 22.8 Å². The molecule has 1 aromatic heterocycles. The maximum Gasteiger partial charge on any atom is 0.383 e. The van der Waals surface area contributed by atoms with E-state index in [1.54, 1.807) is 19.1 Å². The van der Waals surface area contributed by atoms with Crippen molar-refractivity contribution in [3.8, 4) is 17.2 Å². The first-order valence-electron chi connectivity index (χ1n) is 6.45. The number of carboxylic acids is 1. The van der Waals surface area contributed by atoms with Crippen LogP contribution in [0.2, 0.25) is 0 Å². The molecule has 0 saturated carbocycles. The second-order valence-corrected chi connectivity index (χ2v) is 4.28. The molecule has 116 valence electrons. The first-order chi connectivity index (χ1) is 10.5. The molecule has 0 aliphatic heterocycles. The number of allylic oxidation sites excluding steroid dienone is 1. The van der Waals surface area contributed by atoms with Crippen molar-refractivity contribution < 1.29 is 28.9 Å². The standard InChI is InChI=1S/C15H14O7/c1-2-7-21-14-13(18)12-9(20-8-6-11(16)17)4-3-5-10(12)22-15(14)19/h2-5,7,18H,6,8H2,1H3,(H,16,17). The Bertz CT molecular complexity index is 773. The monoisotopic (exact) mass is 306 g/mol. The molecule has 0 spiro atoms. The Morgan fingerprint density at radius 3 is 2.86 bits per heavy atom. The zero-order valence-electron chi connectivity index (χ0n) is 11.7. The van der Waals surface area contributed by atoms with Gasteiger partial charge in [0.05, 0.1) is 19.3 Å². The molecule has 0 unspecified atom stereocenters. The third-order valence-electron chi connectivity index (χ3n) is 2.72. The molecule has 1 aromatic carbocycles. The van der Waals surface area contributed by atoms with Crippen LogP contribution in [-0.2, 0) is 4.79 Å². The van der Waals surface area contributed by atoms with Gasteiger partial charge in [0.2, 0.25) is 0 Å². The van der Waals surface area contributed by atoms with Crippen molar-refractivity contribution in [2.75, 3.05) is 6.61 Å². The Balaban J connectivity index is 2.49. The Morgan fingerprint density at radius 2 is 2.18 bits per heavy atom. The number of aliphatic carboxylic acids is 1. The van der Waals surface area contributed by atoms with Crippen molar-refractivity contribution in [2.24, 2.45) is 0 Å². The molecule has 1 heterocycles. The van der Waals surface area contributed by atoms with Crippen molar-refractivity contribution >= 4 is 16.9 Å². The zero-order chi connectivity index (χ0) is 16.1. The van der Waals surface area contributed by atoms with E-state index in [9.17, 15) is 14.7 Å². The normalized spacial score (nSPS) is 11.0. The number of carboxylic acid groups (broad SMARTS) is 1. The number of rotatable bonds is 6. The number of aromatic hydroxyl groups is 1. The van der Waals surface area contributed by atoms with E-state index in [2.05, 4.69) is 0 Å². The molecule has 0 bridgehead atoms. The molecular formula is C15H14O7. The summed E-state index contributed by atoms with van der Waals surface area (Å²) in [6, 6.07) is 4.58. The number of benzene rings is 1. The molecule has 2 N–H and O–H groups in total. The Morgan fingerprint density at radius 1 is 1.41 bits per heavy atom. The van der Waals surface area contributed by atoms with Crippen molar-refractivity contribution in [3.05, 3.63) is 41.0 Å². The molecular weight excluding hydrogens is 292 g/mol. The van der Waals surface area contributed by atoms with E-state index in [-0.39, 0.29) is 35.5 Å². The Labute approximate surface area is 125 Å². The van der Waals surface area contributed by atoms with Crippen LogP contribution in [0.1, 0.15) is 13.3 Å². The van der Waals surface area contributed by atoms with Gasteiger partial charge in [0.15, 0.2) is 5.75 Å². The van der Waals surface area contributed by atoms with Crippen LogP contribution in [0.4, 0.5) is 0 Å². The molecule has 0 amide bonds. The summed E-state index contributed by atoms with van der Waals surface area (Å²) in [5, 5.41) is 19.0. The van der Waals surface area contributed by atoms with Gasteiger partial charge in [-0.25, -0.2) is 4.79 Å². The summed E-state index contributed by atoms with van der Waals surface area (Å²) < 4.78 is 15.4. The lowest BCUT2D eigenvalue weighted by atomic mass is 10.2. The van der Waals surface area contributed by atoms with E-state index >= 15 is 0 Å². The van der Waals surface area contributed by atoms with E-state index in [1.165, 1.54) is 18.4 Å². The zero-order valence-corrected chi connectivity index (χ0v) is 11.7. The van der Waals surface area contributed by atoms with Gasteiger partial charge in [0, 0.05) is 0 Å². The second-order valence-electron chi connectivity index (χ2n) is 4.28. The lowest BCUT2D eigenvalue weighted by Crippen LogP contribution is -2.07. The highest BCUT2D eigenvalue weighted by Crippen LogP contribution is 2.37. The molecule has 7 heteroatoms. The Hall–Kier alpha value is -2.96. The molecule has 2 aromatic rings. The van der Waals surface area contributed by atoms with Gasteiger partial charge in [-0.15, -0.1) is 0 Å². The van der Waals surface area contributed by atoms with Crippen molar-refractivity contribution in [2.45, 2.75) is 13.3 Å². The highest BCUT2D eigenvalue weighted by molar-refractivity contribution is 5.91. The predicted molar refractivity (Wildman–Crippen MR) is 77.3 cm³/mol. The molecule has 0 saturated heterocycles. The van der Waals surface area contributed by atoms with Gasteiger partial charge in [-0.2, -0.15) is 0 Å². The number of hydrogen-bond acceptors (Lipinski definition) is 6. The molecule has 0 atom stereocenters. The summed E-state index contributed by atoms with van der Waals surface area (Å²) >= 11 is 0. The number of hydrogen-bond donors (Lipinski definition) is 2. The summed E-state index contributed by atoms with van der Waals surface area (Å²) in [6.45, 7) is 1.60. The molecule has 2 rings (SSSR count). The second kappa shape index (κ2) is 6.66. The van der Waals surface area contributed by atoms with Gasteiger partial charge in [0.25, 0.3) is 5.75 Å². The quantitative estimate of drug-likeness (QED) is 0.622. The lowest BCUT2D eigenvalue weighted by Gasteiger charge is -2.10. The summed E-state index contributed by atoms with van der Waals surface area (Å²) in [4.78, 5) is 22.3. The van der Waals surface area contributed by atoms with Crippen LogP contribution in [0.5, 0.6) is 17.2 Å².